The summed E-state index contributed by atoms with van der Waals surface area (Å²) >= 11 is 0. The predicted octanol–water partition coefficient (Wildman–Crippen LogP) is 2.96. The molecule has 0 aliphatic heterocycles. The first-order chi connectivity index (χ1) is 9.91. The summed E-state index contributed by atoms with van der Waals surface area (Å²) in [5, 5.41) is 9.68. The number of ether oxygens (including phenoxy) is 1. The molecule has 1 aromatic rings. The van der Waals surface area contributed by atoms with Crippen LogP contribution < -0.4 is 0 Å². The Kier molecular flexibility index (Phi) is 6.21. The van der Waals surface area contributed by atoms with Gasteiger partial charge in [0.25, 0.3) is 0 Å². The van der Waals surface area contributed by atoms with Gasteiger partial charge in [-0.3, -0.25) is 4.18 Å². The number of aryl methyl sites for hydroxylation is 1. The predicted molar refractivity (Wildman–Crippen MR) is 91.6 cm³/mol. The molecule has 1 N–H and O–H groups in total. The largest absolute Gasteiger partial charge is 0.390 e. The van der Waals surface area contributed by atoms with Gasteiger partial charge in [0.05, 0.1) is 29.3 Å². The molecule has 1 aromatic carbocycles. The standard InChI is InChI=1S/C17H28O4S/c1-14-7-9-15(10-8-14)22(6,19)21-13-17(4,5)20-12-11-16(2,3)18/h7-10,18H,6,11-13H2,1-5H3. The van der Waals surface area contributed by atoms with E-state index in [0.29, 0.717) is 17.9 Å². The minimum atomic E-state index is -2.79. The Morgan fingerprint density at radius 2 is 1.73 bits per heavy atom. The molecule has 0 aliphatic carbocycles. The second-order valence-corrected chi connectivity index (χ2v) is 8.80. The van der Waals surface area contributed by atoms with Gasteiger partial charge < -0.3 is 9.84 Å². The van der Waals surface area contributed by atoms with Crippen molar-refractivity contribution in [3.05, 3.63) is 29.8 Å². The van der Waals surface area contributed by atoms with Crippen LogP contribution in [0.15, 0.2) is 29.2 Å². The van der Waals surface area contributed by atoms with Crippen molar-refractivity contribution in [2.24, 2.45) is 0 Å². The average Bonchev–Trinajstić information content (AvgIpc) is 2.35. The van der Waals surface area contributed by atoms with E-state index in [2.05, 4.69) is 5.87 Å². The molecule has 0 spiro atoms. The van der Waals surface area contributed by atoms with Gasteiger partial charge >= 0.3 is 0 Å². The van der Waals surface area contributed by atoms with Gasteiger partial charge in [-0.05, 0) is 59.0 Å². The molecule has 4 nitrogen and oxygen atoms in total. The molecule has 0 radical (unpaired) electrons. The molecule has 0 aliphatic rings. The summed E-state index contributed by atoms with van der Waals surface area (Å²) < 4.78 is 23.8. The van der Waals surface area contributed by atoms with Crippen LogP contribution in [-0.2, 0) is 18.7 Å². The van der Waals surface area contributed by atoms with Gasteiger partial charge in [0, 0.05) is 0 Å². The first-order valence-electron chi connectivity index (χ1n) is 7.36. The van der Waals surface area contributed by atoms with E-state index < -0.39 is 21.0 Å². The van der Waals surface area contributed by atoms with Crippen LogP contribution in [-0.4, -0.2) is 39.6 Å². The topological polar surface area (TPSA) is 55.8 Å². The molecule has 1 unspecified atom stereocenters. The highest BCUT2D eigenvalue weighted by Crippen LogP contribution is 2.18. The summed E-state index contributed by atoms with van der Waals surface area (Å²) in [4.78, 5) is 0.574. The lowest BCUT2D eigenvalue weighted by atomic mass is 10.1. The van der Waals surface area contributed by atoms with Crippen LogP contribution in [0.2, 0.25) is 0 Å². The highest BCUT2D eigenvalue weighted by atomic mass is 32.2. The molecule has 0 bridgehead atoms. The zero-order chi connectivity index (χ0) is 17.0. The summed E-state index contributed by atoms with van der Waals surface area (Å²) in [6.45, 7) is 9.73. The normalized spacial score (nSPS) is 15.5. The monoisotopic (exact) mass is 328 g/mol. The van der Waals surface area contributed by atoms with E-state index in [4.69, 9.17) is 8.92 Å². The van der Waals surface area contributed by atoms with Gasteiger partial charge in [0.1, 0.15) is 9.80 Å². The second-order valence-electron chi connectivity index (χ2n) is 6.86. The third-order valence-corrected chi connectivity index (χ3v) is 4.67. The Morgan fingerprint density at radius 3 is 2.23 bits per heavy atom. The fourth-order valence-electron chi connectivity index (χ4n) is 1.67. The van der Waals surface area contributed by atoms with Crippen molar-refractivity contribution in [3.63, 3.8) is 0 Å². The summed E-state index contributed by atoms with van der Waals surface area (Å²) in [6, 6.07) is 7.31. The zero-order valence-corrected chi connectivity index (χ0v) is 15.0. The molecule has 0 aromatic heterocycles. The third kappa shape index (κ3) is 6.92. The lowest BCUT2D eigenvalue weighted by molar-refractivity contribution is -0.0648. The lowest BCUT2D eigenvalue weighted by Gasteiger charge is -2.27. The number of rotatable bonds is 8. The van der Waals surface area contributed by atoms with E-state index in [0.717, 1.165) is 5.56 Å². The van der Waals surface area contributed by atoms with Crippen LogP contribution in [0.3, 0.4) is 0 Å². The van der Waals surface area contributed by atoms with Crippen molar-refractivity contribution in [1.29, 1.82) is 0 Å². The first kappa shape index (κ1) is 19.2. The number of aliphatic hydroxyl groups is 1. The smallest absolute Gasteiger partial charge is 0.106 e. The van der Waals surface area contributed by atoms with Crippen LogP contribution in [0.1, 0.15) is 39.7 Å². The van der Waals surface area contributed by atoms with Crippen molar-refractivity contribution < 1.29 is 18.2 Å². The number of hydrogen-bond acceptors (Lipinski definition) is 4. The average molecular weight is 328 g/mol. The SMILES string of the molecule is C=S(=O)(OCC(C)(C)OCCC(C)(C)O)c1ccc(C)cc1. The minimum absolute atomic E-state index is 0.162. The Bertz CT molecular complexity index is 566. The molecule has 0 fully saturated rings. The molecule has 0 heterocycles. The van der Waals surface area contributed by atoms with Crippen LogP contribution in [0.25, 0.3) is 0 Å². The van der Waals surface area contributed by atoms with Crippen molar-refractivity contribution in [1.82, 2.24) is 0 Å². The van der Waals surface area contributed by atoms with Gasteiger partial charge in [-0.1, -0.05) is 17.7 Å². The molecule has 0 saturated heterocycles. The summed E-state index contributed by atoms with van der Waals surface area (Å²) in [5.41, 5.74) is -0.274. The molecule has 5 heteroatoms. The highest BCUT2D eigenvalue weighted by molar-refractivity contribution is 7.96. The molecule has 22 heavy (non-hydrogen) atoms. The van der Waals surface area contributed by atoms with Gasteiger partial charge in [-0.15, -0.1) is 0 Å². The van der Waals surface area contributed by atoms with Crippen LogP contribution in [0.5, 0.6) is 0 Å². The third-order valence-electron chi connectivity index (χ3n) is 3.18. The minimum Gasteiger partial charge on any atom is -0.390 e. The Labute approximate surface area is 134 Å². The van der Waals surface area contributed by atoms with Crippen molar-refractivity contribution in [2.75, 3.05) is 13.2 Å². The van der Waals surface area contributed by atoms with E-state index >= 15 is 0 Å². The highest BCUT2D eigenvalue weighted by Gasteiger charge is 2.23. The van der Waals surface area contributed by atoms with Crippen molar-refractivity contribution >= 4 is 15.7 Å². The van der Waals surface area contributed by atoms with Crippen molar-refractivity contribution in [3.8, 4) is 0 Å². The maximum Gasteiger partial charge on any atom is 0.106 e. The van der Waals surface area contributed by atoms with Crippen molar-refractivity contribution in [2.45, 2.75) is 57.1 Å². The van der Waals surface area contributed by atoms with Crippen LogP contribution in [0, 0.1) is 6.92 Å². The maximum absolute atomic E-state index is 12.5. The second kappa shape index (κ2) is 7.13. The van der Waals surface area contributed by atoms with Crippen LogP contribution in [0.4, 0.5) is 0 Å². The Balaban J connectivity index is 2.57. The van der Waals surface area contributed by atoms with E-state index in [1.165, 1.54) is 0 Å². The van der Waals surface area contributed by atoms with Gasteiger partial charge in [-0.25, -0.2) is 4.21 Å². The molecule has 0 amide bonds. The fraction of sp³-hybridized carbons (Fsp3) is 0.588. The molecule has 1 atom stereocenters. The summed E-state index contributed by atoms with van der Waals surface area (Å²) in [5.74, 6) is 3.70. The zero-order valence-electron chi connectivity index (χ0n) is 14.2. The van der Waals surface area contributed by atoms with Gasteiger partial charge in [0.2, 0.25) is 0 Å². The summed E-state index contributed by atoms with van der Waals surface area (Å²) in [7, 11) is -2.79. The fourth-order valence-corrected chi connectivity index (χ4v) is 2.83. The lowest BCUT2D eigenvalue weighted by Crippen LogP contribution is -2.34. The van der Waals surface area contributed by atoms with Gasteiger partial charge in [-0.2, -0.15) is 0 Å². The van der Waals surface area contributed by atoms with E-state index in [1.807, 2.05) is 32.9 Å². The van der Waals surface area contributed by atoms with E-state index in [1.54, 1.807) is 26.0 Å². The quantitative estimate of drug-likeness (QED) is 0.746. The van der Waals surface area contributed by atoms with E-state index in [-0.39, 0.29) is 6.61 Å². The molecule has 126 valence electrons. The van der Waals surface area contributed by atoms with Gasteiger partial charge in [0.15, 0.2) is 0 Å². The molecular formula is C17H28O4S. The number of hydrogen-bond donors (Lipinski definition) is 1. The Hall–Kier alpha value is -0.880. The maximum atomic E-state index is 12.5. The van der Waals surface area contributed by atoms with E-state index in [9.17, 15) is 9.32 Å². The molecule has 0 saturated carbocycles. The molecule has 1 rings (SSSR count). The number of benzene rings is 1. The Morgan fingerprint density at radius 1 is 1.18 bits per heavy atom. The summed E-state index contributed by atoms with van der Waals surface area (Å²) in [6.07, 6.45) is 0.522. The first-order valence-corrected chi connectivity index (χ1v) is 9.01. The van der Waals surface area contributed by atoms with Crippen LogP contribution >= 0.6 is 0 Å². The molecular weight excluding hydrogens is 300 g/mol.